The van der Waals surface area contributed by atoms with E-state index in [1.165, 1.54) is 0 Å². The van der Waals surface area contributed by atoms with Crippen LogP contribution in [-0.4, -0.2) is 31.4 Å². The van der Waals surface area contributed by atoms with Gasteiger partial charge in [0.1, 0.15) is 5.75 Å². The molecule has 0 radical (unpaired) electrons. The zero-order valence-corrected chi connectivity index (χ0v) is 10.9. The fourth-order valence-electron chi connectivity index (χ4n) is 1.50. The second-order valence-electron chi connectivity index (χ2n) is 3.93. The van der Waals surface area contributed by atoms with Gasteiger partial charge in [-0.1, -0.05) is 11.6 Å². The Kier molecular flexibility index (Phi) is 5.71. The van der Waals surface area contributed by atoms with E-state index in [1.54, 1.807) is 7.11 Å². The van der Waals surface area contributed by atoms with Gasteiger partial charge in [0, 0.05) is 19.6 Å². The van der Waals surface area contributed by atoms with Crippen molar-refractivity contribution >= 4 is 11.6 Å². The average Bonchev–Trinajstić information content (AvgIpc) is 2.32. The molecule has 0 heterocycles. The van der Waals surface area contributed by atoms with E-state index in [-0.39, 0.29) is 6.54 Å². The summed E-state index contributed by atoms with van der Waals surface area (Å²) >= 11 is 6.05. The Hall–Kier alpha value is -0.810. The predicted octanol–water partition coefficient (Wildman–Crippen LogP) is 1.07. The SMILES string of the molecule is COc1cc(C)c(CNCC(O)CN)cc1Cl. The molecular weight excluding hydrogens is 240 g/mol. The number of benzene rings is 1. The lowest BCUT2D eigenvalue weighted by Gasteiger charge is -2.13. The number of nitrogens with two attached hydrogens (primary N) is 1. The number of nitrogens with one attached hydrogen (secondary N) is 1. The first-order valence-corrected chi connectivity index (χ1v) is 5.88. The van der Waals surface area contributed by atoms with Crippen LogP contribution in [-0.2, 0) is 6.54 Å². The highest BCUT2D eigenvalue weighted by atomic mass is 35.5. The molecule has 5 heteroatoms. The van der Waals surface area contributed by atoms with Crippen molar-refractivity contribution in [3.63, 3.8) is 0 Å². The second kappa shape index (κ2) is 6.81. The number of hydrogen-bond acceptors (Lipinski definition) is 4. The third-order valence-corrected chi connectivity index (χ3v) is 2.87. The lowest BCUT2D eigenvalue weighted by atomic mass is 10.1. The zero-order valence-electron chi connectivity index (χ0n) is 10.2. The summed E-state index contributed by atoms with van der Waals surface area (Å²) in [4.78, 5) is 0. The highest BCUT2D eigenvalue weighted by Gasteiger charge is 2.07. The van der Waals surface area contributed by atoms with Gasteiger partial charge in [-0.05, 0) is 30.2 Å². The van der Waals surface area contributed by atoms with Crippen LogP contribution in [0.25, 0.3) is 0 Å². The minimum atomic E-state index is -0.510. The molecular formula is C12H19ClN2O2. The average molecular weight is 259 g/mol. The van der Waals surface area contributed by atoms with E-state index >= 15 is 0 Å². The van der Waals surface area contributed by atoms with Crippen LogP contribution in [0.15, 0.2) is 12.1 Å². The van der Waals surface area contributed by atoms with Gasteiger partial charge in [0.2, 0.25) is 0 Å². The van der Waals surface area contributed by atoms with Gasteiger partial charge in [-0.25, -0.2) is 0 Å². The van der Waals surface area contributed by atoms with Gasteiger partial charge in [0.05, 0.1) is 18.2 Å². The molecule has 1 atom stereocenters. The van der Waals surface area contributed by atoms with Crippen molar-refractivity contribution in [2.75, 3.05) is 20.2 Å². The molecule has 0 aromatic heterocycles. The Bertz CT molecular complexity index is 372. The Morgan fingerprint density at radius 2 is 2.24 bits per heavy atom. The maximum Gasteiger partial charge on any atom is 0.137 e. The predicted molar refractivity (Wildman–Crippen MR) is 69.5 cm³/mol. The first-order valence-electron chi connectivity index (χ1n) is 5.50. The van der Waals surface area contributed by atoms with E-state index in [0.717, 1.165) is 11.1 Å². The maximum atomic E-state index is 9.31. The summed E-state index contributed by atoms with van der Waals surface area (Å²) in [6.07, 6.45) is -0.510. The molecule has 1 rings (SSSR count). The molecule has 0 aliphatic rings. The van der Waals surface area contributed by atoms with Crippen LogP contribution in [0.5, 0.6) is 5.75 Å². The van der Waals surface area contributed by atoms with E-state index in [2.05, 4.69) is 5.32 Å². The quantitative estimate of drug-likeness (QED) is 0.714. The maximum absolute atomic E-state index is 9.31. The summed E-state index contributed by atoms with van der Waals surface area (Å²) in [5.41, 5.74) is 7.50. The van der Waals surface area contributed by atoms with E-state index in [1.807, 2.05) is 19.1 Å². The first kappa shape index (κ1) is 14.3. The lowest BCUT2D eigenvalue weighted by Crippen LogP contribution is -2.32. The summed E-state index contributed by atoms with van der Waals surface area (Å²) < 4.78 is 5.13. The first-order chi connectivity index (χ1) is 8.08. The van der Waals surface area contributed by atoms with Crippen molar-refractivity contribution in [3.8, 4) is 5.75 Å². The standard InChI is InChI=1S/C12H19ClN2O2/c1-8-3-12(17-2)11(13)4-9(8)6-15-7-10(16)5-14/h3-4,10,15-16H,5-7,14H2,1-2H3. The van der Waals surface area contributed by atoms with Crippen molar-refractivity contribution in [1.82, 2.24) is 5.32 Å². The third kappa shape index (κ3) is 4.16. The number of halogens is 1. The summed E-state index contributed by atoms with van der Waals surface area (Å²) in [7, 11) is 1.59. The molecule has 1 aromatic rings. The minimum absolute atomic E-state index is 0.259. The fourth-order valence-corrected chi connectivity index (χ4v) is 1.76. The van der Waals surface area contributed by atoms with Crippen molar-refractivity contribution in [2.24, 2.45) is 5.73 Å². The Balaban J connectivity index is 2.62. The largest absolute Gasteiger partial charge is 0.495 e. The van der Waals surface area contributed by atoms with Gasteiger partial charge in [-0.15, -0.1) is 0 Å². The highest BCUT2D eigenvalue weighted by Crippen LogP contribution is 2.27. The van der Waals surface area contributed by atoms with Gasteiger partial charge in [0.25, 0.3) is 0 Å². The lowest BCUT2D eigenvalue weighted by molar-refractivity contribution is 0.179. The monoisotopic (exact) mass is 258 g/mol. The Morgan fingerprint density at radius 1 is 1.53 bits per heavy atom. The molecule has 17 heavy (non-hydrogen) atoms. The molecule has 1 unspecified atom stereocenters. The smallest absolute Gasteiger partial charge is 0.137 e. The summed E-state index contributed by atoms with van der Waals surface area (Å²) in [6, 6.07) is 3.77. The molecule has 0 fully saturated rings. The topological polar surface area (TPSA) is 67.5 Å². The fraction of sp³-hybridized carbons (Fsp3) is 0.500. The number of methoxy groups -OCH3 is 1. The zero-order chi connectivity index (χ0) is 12.8. The van der Waals surface area contributed by atoms with Crippen molar-refractivity contribution in [2.45, 2.75) is 19.6 Å². The number of aliphatic hydroxyl groups excluding tert-OH is 1. The number of aliphatic hydroxyl groups is 1. The van der Waals surface area contributed by atoms with Crippen LogP contribution in [0, 0.1) is 6.92 Å². The number of rotatable bonds is 6. The molecule has 0 bridgehead atoms. The summed E-state index contributed by atoms with van der Waals surface area (Å²) in [6.45, 7) is 3.37. The molecule has 96 valence electrons. The Morgan fingerprint density at radius 3 is 2.82 bits per heavy atom. The van der Waals surface area contributed by atoms with Crippen LogP contribution < -0.4 is 15.8 Å². The number of ether oxygens (including phenoxy) is 1. The van der Waals surface area contributed by atoms with Crippen LogP contribution in [0.3, 0.4) is 0 Å². The molecule has 0 saturated heterocycles. The highest BCUT2D eigenvalue weighted by molar-refractivity contribution is 6.32. The molecule has 4 N–H and O–H groups in total. The minimum Gasteiger partial charge on any atom is -0.495 e. The summed E-state index contributed by atoms with van der Waals surface area (Å²) in [5.74, 6) is 0.676. The second-order valence-corrected chi connectivity index (χ2v) is 4.34. The normalized spacial score (nSPS) is 12.5. The third-order valence-electron chi connectivity index (χ3n) is 2.58. The summed E-state index contributed by atoms with van der Waals surface area (Å²) in [5, 5.41) is 13.0. The molecule has 0 aliphatic heterocycles. The molecule has 0 spiro atoms. The van der Waals surface area contributed by atoms with Gasteiger partial charge in [-0.2, -0.15) is 0 Å². The molecule has 0 amide bonds. The van der Waals surface area contributed by atoms with E-state index in [0.29, 0.717) is 23.9 Å². The Labute approximate surface area is 107 Å². The molecule has 4 nitrogen and oxygen atoms in total. The van der Waals surface area contributed by atoms with Crippen LogP contribution in [0.4, 0.5) is 0 Å². The number of aryl methyl sites for hydroxylation is 1. The molecule has 0 aliphatic carbocycles. The van der Waals surface area contributed by atoms with Crippen LogP contribution in [0.1, 0.15) is 11.1 Å². The van der Waals surface area contributed by atoms with E-state index in [9.17, 15) is 5.11 Å². The van der Waals surface area contributed by atoms with Crippen molar-refractivity contribution in [1.29, 1.82) is 0 Å². The van der Waals surface area contributed by atoms with Crippen molar-refractivity contribution < 1.29 is 9.84 Å². The van der Waals surface area contributed by atoms with Crippen LogP contribution >= 0.6 is 11.6 Å². The van der Waals surface area contributed by atoms with Crippen molar-refractivity contribution in [3.05, 3.63) is 28.3 Å². The number of hydrogen-bond donors (Lipinski definition) is 3. The van der Waals surface area contributed by atoms with Gasteiger partial charge in [0.15, 0.2) is 0 Å². The van der Waals surface area contributed by atoms with Gasteiger partial charge in [-0.3, -0.25) is 0 Å². The van der Waals surface area contributed by atoms with E-state index in [4.69, 9.17) is 22.1 Å². The molecule has 0 saturated carbocycles. The van der Waals surface area contributed by atoms with E-state index < -0.39 is 6.10 Å². The van der Waals surface area contributed by atoms with Gasteiger partial charge < -0.3 is 20.9 Å². The molecule has 1 aromatic carbocycles. The van der Waals surface area contributed by atoms with Gasteiger partial charge >= 0.3 is 0 Å². The van der Waals surface area contributed by atoms with Crippen LogP contribution in [0.2, 0.25) is 5.02 Å².